The zero-order chi connectivity index (χ0) is 31.9. The number of aliphatic hydroxyl groups is 1. The molecular formula is C39H37N5O3. The fraction of sp³-hybridized carbons (Fsp3) is 0.308. The Balaban J connectivity index is 1.08. The molecule has 2 N–H and O–H groups in total. The fourth-order valence-corrected chi connectivity index (χ4v) is 7.16. The molecule has 3 aromatic carbocycles. The fourth-order valence-electron chi connectivity index (χ4n) is 7.16. The molecule has 8 rings (SSSR count). The average Bonchev–Trinajstić information content (AvgIpc) is 3.90. The highest BCUT2D eigenvalue weighted by Crippen LogP contribution is 2.43. The van der Waals surface area contributed by atoms with Crippen molar-refractivity contribution in [3.63, 3.8) is 0 Å². The lowest BCUT2D eigenvalue weighted by atomic mass is 9.96. The number of nitriles is 1. The SMILES string of the molecule is N#CC1CCN(Cc2ccc(-c3cc4c(-c5cccc(N6CCOc7cc(C8CC8)ccc7C6=O)c5CO)ccnc4[nH]3)cc2)CC1. The number of carbonyl (C=O) groups excluding carboxylic acids is 1. The van der Waals surface area contributed by atoms with Crippen molar-refractivity contribution in [2.45, 2.75) is 44.8 Å². The van der Waals surface area contributed by atoms with Gasteiger partial charge in [-0.2, -0.15) is 5.26 Å². The van der Waals surface area contributed by atoms with Gasteiger partial charge in [0.05, 0.1) is 30.5 Å². The molecule has 0 atom stereocenters. The number of amides is 1. The molecule has 4 heterocycles. The van der Waals surface area contributed by atoms with Crippen molar-refractivity contribution in [1.82, 2.24) is 14.9 Å². The number of fused-ring (bicyclic) bond motifs is 2. The first-order valence-corrected chi connectivity index (χ1v) is 16.6. The summed E-state index contributed by atoms with van der Waals surface area (Å²) in [5.41, 5.74) is 9.01. The molecule has 8 nitrogen and oxygen atoms in total. The second-order valence-electron chi connectivity index (χ2n) is 13.0. The Kier molecular flexibility index (Phi) is 7.72. The van der Waals surface area contributed by atoms with Crippen molar-refractivity contribution in [3.05, 3.63) is 101 Å². The van der Waals surface area contributed by atoms with E-state index in [1.807, 2.05) is 36.4 Å². The van der Waals surface area contributed by atoms with Crippen LogP contribution in [0.3, 0.4) is 0 Å². The summed E-state index contributed by atoms with van der Waals surface area (Å²) < 4.78 is 6.08. The van der Waals surface area contributed by atoms with Crippen molar-refractivity contribution >= 4 is 22.6 Å². The van der Waals surface area contributed by atoms with Gasteiger partial charge in [-0.15, -0.1) is 0 Å². The van der Waals surface area contributed by atoms with E-state index in [0.29, 0.717) is 41.6 Å². The van der Waals surface area contributed by atoms with E-state index in [2.05, 4.69) is 57.3 Å². The van der Waals surface area contributed by atoms with E-state index < -0.39 is 0 Å². The number of nitrogens with one attached hydrogen (secondary N) is 1. The van der Waals surface area contributed by atoms with E-state index in [-0.39, 0.29) is 18.4 Å². The normalized spacial score (nSPS) is 17.3. The summed E-state index contributed by atoms with van der Waals surface area (Å²) in [6.45, 7) is 3.34. The van der Waals surface area contributed by atoms with Crippen molar-refractivity contribution in [3.8, 4) is 34.2 Å². The van der Waals surface area contributed by atoms with E-state index in [0.717, 1.165) is 65.9 Å². The van der Waals surface area contributed by atoms with Crippen LogP contribution in [0, 0.1) is 17.2 Å². The molecule has 3 aliphatic rings. The number of carbonyl (C=O) groups is 1. The van der Waals surface area contributed by atoms with Crippen LogP contribution < -0.4 is 9.64 Å². The van der Waals surface area contributed by atoms with Gasteiger partial charge in [0.1, 0.15) is 18.0 Å². The van der Waals surface area contributed by atoms with Crippen LogP contribution in [-0.4, -0.2) is 52.1 Å². The van der Waals surface area contributed by atoms with Crippen LogP contribution in [-0.2, 0) is 13.2 Å². The third-order valence-electron chi connectivity index (χ3n) is 9.97. The van der Waals surface area contributed by atoms with Gasteiger partial charge in [0, 0.05) is 35.3 Å². The van der Waals surface area contributed by atoms with E-state index in [1.165, 1.54) is 24.0 Å². The van der Waals surface area contributed by atoms with Gasteiger partial charge in [-0.25, -0.2) is 4.98 Å². The van der Waals surface area contributed by atoms with Crippen molar-refractivity contribution in [1.29, 1.82) is 5.26 Å². The first kappa shape index (κ1) is 29.4. The zero-order valence-electron chi connectivity index (χ0n) is 26.3. The second-order valence-corrected chi connectivity index (χ2v) is 13.0. The summed E-state index contributed by atoms with van der Waals surface area (Å²) in [6, 6.07) is 26.9. The van der Waals surface area contributed by atoms with E-state index >= 15 is 0 Å². The number of aromatic amines is 1. The lowest BCUT2D eigenvalue weighted by Gasteiger charge is -2.29. The maximum absolute atomic E-state index is 13.9. The second kappa shape index (κ2) is 12.3. The van der Waals surface area contributed by atoms with Gasteiger partial charge >= 0.3 is 0 Å². The summed E-state index contributed by atoms with van der Waals surface area (Å²) in [6.07, 6.45) is 6.04. The average molecular weight is 624 g/mol. The number of ether oxygens (including phenoxy) is 1. The van der Waals surface area contributed by atoms with Crippen LogP contribution in [0.25, 0.3) is 33.4 Å². The molecule has 8 heteroatoms. The number of rotatable bonds is 7. The van der Waals surface area contributed by atoms with Crippen molar-refractivity contribution < 1.29 is 14.6 Å². The summed E-state index contributed by atoms with van der Waals surface area (Å²) in [7, 11) is 0. The van der Waals surface area contributed by atoms with Gasteiger partial charge in [0.2, 0.25) is 0 Å². The topological polar surface area (TPSA) is 105 Å². The smallest absolute Gasteiger partial charge is 0.262 e. The number of likely N-dealkylation sites (tertiary alicyclic amines) is 1. The maximum Gasteiger partial charge on any atom is 0.262 e. The third-order valence-corrected chi connectivity index (χ3v) is 9.97. The number of H-pyrrole nitrogens is 1. The van der Waals surface area contributed by atoms with Gasteiger partial charge in [0.25, 0.3) is 5.91 Å². The minimum atomic E-state index is -0.222. The molecule has 1 saturated carbocycles. The first-order valence-electron chi connectivity index (χ1n) is 16.6. The minimum absolute atomic E-state index is 0.120. The van der Waals surface area contributed by atoms with Gasteiger partial charge in [0.15, 0.2) is 0 Å². The predicted molar refractivity (Wildman–Crippen MR) is 182 cm³/mol. The number of piperidine rings is 1. The zero-order valence-corrected chi connectivity index (χ0v) is 26.3. The number of benzene rings is 3. The van der Waals surface area contributed by atoms with E-state index in [9.17, 15) is 15.2 Å². The molecule has 2 fully saturated rings. The Labute approximate surface area is 274 Å². The molecule has 1 saturated heterocycles. The van der Waals surface area contributed by atoms with Crippen molar-refractivity contribution in [2.75, 3.05) is 31.1 Å². The van der Waals surface area contributed by atoms with Crippen molar-refractivity contribution in [2.24, 2.45) is 5.92 Å². The molecule has 2 aromatic heterocycles. The minimum Gasteiger partial charge on any atom is -0.491 e. The molecule has 0 unspecified atom stereocenters. The Morgan fingerprint density at radius 2 is 1.77 bits per heavy atom. The van der Waals surface area contributed by atoms with Gasteiger partial charge in [-0.05, 0) is 103 Å². The van der Waals surface area contributed by atoms with Gasteiger partial charge < -0.3 is 19.7 Å². The Bertz CT molecular complexity index is 2000. The Morgan fingerprint density at radius 3 is 2.53 bits per heavy atom. The number of nitrogens with zero attached hydrogens (tertiary/aromatic N) is 4. The molecule has 0 bridgehead atoms. The Morgan fingerprint density at radius 1 is 0.936 bits per heavy atom. The lowest BCUT2D eigenvalue weighted by molar-refractivity contribution is 0.0989. The molecule has 0 spiro atoms. The summed E-state index contributed by atoms with van der Waals surface area (Å²) in [4.78, 5) is 26.2. The molecule has 0 radical (unpaired) electrons. The predicted octanol–water partition coefficient (Wildman–Crippen LogP) is 7.04. The highest BCUT2D eigenvalue weighted by molar-refractivity contribution is 6.09. The standard InChI is InChI=1S/C39H37N5O3/c40-22-25-13-16-43(17-14-25)23-26-4-6-28(7-5-26)35-21-33-31(12-15-41-38(33)42-35)30-2-1-3-36(34(30)24-45)44-18-19-47-37-20-29(27-8-9-27)10-11-32(37)39(44)46/h1-7,10-12,15,20-21,25,27,45H,8-9,13-14,16-19,23-24H2,(H,41,42). The molecule has 47 heavy (non-hydrogen) atoms. The number of aromatic nitrogens is 2. The van der Waals surface area contributed by atoms with Crippen LogP contribution in [0.15, 0.2) is 79.0 Å². The quantitative estimate of drug-likeness (QED) is 0.202. The number of hydrogen-bond donors (Lipinski definition) is 2. The number of anilines is 1. The van der Waals surface area contributed by atoms with E-state index in [4.69, 9.17) is 4.74 Å². The summed E-state index contributed by atoms with van der Waals surface area (Å²) in [5.74, 6) is 1.29. The highest BCUT2D eigenvalue weighted by atomic mass is 16.5. The van der Waals surface area contributed by atoms with Crippen LogP contribution in [0.2, 0.25) is 0 Å². The largest absolute Gasteiger partial charge is 0.491 e. The van der Waals surface area contributed by atoms with Crippen LogP contribution >= 0.6 is 0 Å². The first-order chi connectivity index (χ1) is 23.1. The summed E-state index contributed by atoms with van der Waals surface area (Å²) in [5, 5.41) is 20.9. The maximum atomic E-state index is 13.9. The third kappa shape index (κ3) is 5.67. The van der Waals surface area contributed by atoms with E-state index in [1.54, 1.807) is 11.1 Å². The van der Waals surface area contributed by atoms with Gasteiger partial charge in [-0.1, -0.05) is 42.5 Å². The number of pyridine rings is 1. The summed E-state index contributed by atoms with van der Waals surface area (Å²) >= 11 is 0. The number of aliphatic hydroxyl groups excluding tert-OH is 1. The monoisotopic (exact) mass is 623 g/mol. The van der Waals surface area contributed by atoms with Crippen LogP contribution in [0.4, 0.5) is 5.69 Å². The molecule has 236 valence electrons. The molecular weight excluding hydrogens is 586 g/mol. The molecule has 1 aliphatic carbocycles. The van der Waals surface area contributed by atoms with Gasteiger partial charge in [-0.3, -0.25) is 9.69 Å². The van der Waals surface area contributed by atoms with Crippen LogP contribution in [0.5, 0.6) is 5.75 Å². The lowest BCUT2D eigenvalue weighted by Crippen LogP contribution is -2.33. The molecule has 5 aromatic rings. The Hall–Kier alpha value is -4.97. The molecule has 1 amide bonds. The number of hydrogen-bond acceptors (Lipinski definition) is 6. The van der Waals surface area contributed by atoms with Crippen LogP contribution in [0.1, 0.15) is 58.6 Å². The highest BCUT2D eigenvalue weighted by Gasteiger charge is 2.30. The molecule has 2 aliphatic heterocycles.